The Labute approximate surface area is 107 Å². The molecule has 5 nitrogen and oxygen atoms in total. The van der Waals surface area contributed by atoms with E-state index in [-0.39, 0.29) is 11.9 Å². The van der Waals surface area contributed by atoms with Crippen molar-refractivity contribution in [3.05, 3.63) is 18.2 Å². The highest BCUT2D eigenvalue weighted by atomic mass is 16.5. The van der Waals surface area contributed by atoms with Crippen molar-refractivity contribution in [3.63, 3.8) is 0 Å². The summed E-state index contributed by atoms with van der Waals surface area (Å²) in [4.78, 5) is 13.9. The highest BCUT2D eigenvalue weighted by Crippen LogP contribution is 2.34. The van der Waals surface area contributed by atoms with Crippen molar-refractivity contribution in [1.82, 2.24) is 5.32 Å². The van der Waals surface area contributed by atoms with Gasteiger partial charge in [-0.05, 0) is 25.6 Å². The van der Waals surface area contributed by atoms with Gasteiger partial charge in [0.1, 0.15) is 11.5 Å². The van der Waals surface area contributed by atoms with Gasteiger partial charge in [-0.25, -0.2) is 0 Å². The number of amides is 1. The van der Waals surface area contributed by atoms with E-state index in [1.807, 2.05) is 18.2 Å². The van der Waals surface area contributed by atoms with Crippen LogP contribution in [0.2, 0.25) is 0 Å². The van der Waals surface area contributed by atoms with Crippen LogP contribution in [0.15, 0.2) is 18.2 Å². The van der Waals surface area contributed by atoms with Gasteiger partial charge in [0, 0.05) is 12.6 Å². The number of nitrogens with one attached hydrogen (secondary N) is 1. The third kappa shape index (κ3) is 2.13. The van der Waals surface area contributed by atoms with E-state index in [4.69, 9.17) is 9.47 Å². The van der Waals surface area contributed by atoms with Crippen molar-refractivity contribution in [3.8, 4) is 11.5 Å². The number of likely N-dealkylation sites (N-methyl/N-ethyl adjacent to an activating group) is 1. The molecule has 1 aromatic rings. The lowest BCUT2D eigenvalue weighted by Gasteiger charge is -2.20. The Morgan fingerprint density at radius 2 is 2.11 bits per heavy atom. The van der Waals surface area contributed by atoms with Crippen LogP contribution in [0.1, 0.15) is 6.42 Å². The summed E-state index contributed by atoms with van der Waals surface area (Å²) in [6.45, 7) is 0.688. The molecule has 0 saturated carbocycles. The molecule has 5 heteroatoms. The fourth-order valence-electron chi connectivity index (χ4n) is 2.19. The van der Waals surface area contributed by atoms with Gasteiger partial charge >= 0.3 is 0 Å². The number of methoxy groups -OCH3 is 2. The van der Waals surface area contributed by atoms with E-state index in [1.54, 1.807) is 26.2 Å². The van der Waals surface area contributed by atoms with Gasteiger partial charge in [-0.3, -0.25) is 4.79 Å². The maximum absolute atomic E-state index is 12.2. The molecule has 0 aromatic heterocycles. The Bertz CT molecular complexity index is 448. The van der Waals surface area contributed by atoms with E-state index < -0.39 is 0 Å². The number of ether oxygens (including phenoxy) is 2. The zero-order valence-corrected chi connectivity index (χ0v) is 10.9. The molecular weight excluding hydrogens is 232 g/mol. The smallest absolute Gasteiger partial charge is 0.244 e. The number of nitrogens with zero attached hydrogens (tertiary/aromatic N) is 1. The number of carbonyl (C=O) groups is 1. The van der Waals surface area contributed by atoms with Crippen LogP contribution < -0.4 is 19.7 Å². The largest absolute Gasteiger partial charge is 0.497 e. The van der Waals surface area contributed by atoms with Crippen molar-refractivity contribution in [2.24, 2.45) is 0 Å². The van der Waals surface area contributed by atoms with Crippen LogP contribution in [0.3, 0.4) is 0 Å². The van der Waals surface area contributed by atoms with Crippen LogP contribution in [-0.4, -0.2) is 39.8 Å². The molecule has 1 atom stereocenters. The first-order valence-corrected chi connectivity index (χ1v) is 5.92. The summed E-state index contributed by atoms with van der Waals surface area (Å²) in [5.74, 6) is 1.47. The average molecular weight is 250 g/mol. The van der Waals surface area contributed by atoms with Crippen LogP contribution in [-0.2, 0) is 4.79 Å². The Hall–Kier alpha value is -1.75. The van der Waals surface area contributed by atoms with Crippen molar-refractivity contribution in [2.45, 2.75) is 12.5 Å². The first-order chi connectivity index (χ1) is 8.71. The van der Waals surface area contributed by atoms with Gasteiger partial charge < -0.3 is 19.7 Å². The molecule has 0 radical (unpaired) electrons. The molecule has 2 rings (SSSR count). The lowest BCUT2D eigenvalue weighted by Crippen LogP contribution is -2.36. The van der Waals surface area contributed by atoms with Gasteiger partial charge in [0.2, 0.25) is 5.91 Å². The van der Waals surface area contributed by atoms with Crippen molar-refractivity contribution >= 4 is 11.6 Å². The third-order valence-corrected chi connectivity index (χ3v) is 3.23. The topological polar surface area (TPSA) is 50.8 Å². The zero-order chi connectivity index (χ0) is 13.1. The molecule has 98 valence electrons. The highest BCUT2D eigenvalue weighted by molar-refractivity contribution is 6.00. The molecule has 1 N–H and O–H groups in total. The molecule has 1 saturated heterocycles. The molecule has 0 aliphatic carbocycles. The maximum atomic E-state index is 12.2. The second-order valence-electron chi connectivity index (χ2n) is 4.16. The zero-order valence-electron chi connectivity index (χ0n) is 10.9. The highest BCUT2D eigenvalue weighted by Gasteiger charge is 2.32. The molecular formula is C13H18N2O3. The lowest BCUT2D eigenvalue weighted by atomic mass is 10.2. The van der Waals surface area contributed by atoms with Gasteiger partial charge in [0.25, 0.3) is 0 Å². The predicted octanol–water partition coefficient (Wildman–Crippen LogP) is 1.03. The monoisotopic (exact) mass is 250 g/mol. The fourth-order valence-corrected chi connectivity index (χ4v) is 2.19. The number of benzene rings is 1. The first kappa shape index (κ1) is 12.7. The lowest BCUT2D eigenvalue weighted by molar-refractivity contribution is -0.118. The van der Waals surface area contributed by atoms with Crippen molar-refractivity contribution < 1.29 is 14.3 Å². The van der Waals surface area contributed by atoms with Gasteiger partial charge in [-0.2, -0.15) is 0 Å². The minimum atomic E-state index is -0.110. The quantitative estimate of drug-likeness (QED) is 0.867. The molecule has 1 amide bonds. The molecule has 1 aromatic carbocycles. The van der Waals surface area contributed by atoms with E-state index >= 15 is 0 Å². The summed E-state index contributed by atoms with van der Waals surface area (Å²) in [6.07, 6.45) is 0.801. The molecule has 0 spiro atoms. The molecule has 0 bridgehead atoms. The van der Waals surface area contributed by atoms with E-state index in [0.29, 0.717) is 18.0 Å². The number of rotatable bonds is 4. The molecule has 18 heavy (non-hydrogen) atoms. The molecule has 1 unspecified atom stereocenters. The number of hydrogen-bond acceptors (Lipinski definition) is 4. The Balaban J connectivity index is 2.35. The fraction of sp³-hybridized carbons (Fsp3) is 0.462. The SMILES string of the molecule is CNC1CCN(c2cc(OC)ccc2OC)C1=O. The third-order valence-electron chi connectivity index (χ3n) is 3.23. The van der Waals surface area contributed by atoms with Gasteiger partial charge in [0.05, 0.1) is 25.9 Å². The van der Waals surface area contributed by atoms with Crippen LogP contribution in [0.25, 0.3) is 0 Å². The van der Waals surface area contributed by atoms with E-state index in [9.17, 15) is 4.79 Å². The van der Waals surface area contributed by atoms with Gasteiger partial charge in [-0.1, -0.05) is 0 Å². The second kappa shape index (κ2) is 5.27. The van der Waals surface area contributed by atoms with E-state index in [0.717, 1.165) is 12.1 Å². The van der Waals surface area contributed by atoms with Crippen LogP contribution in [0.5, 0.6) is 11.5 Å². The Morgan fingerprint density at radius 1 is 1.33 bits per heavy atom. The van der Waals surface area contributed by atoms with Crippen molar-refractivity contribution in [1.29, 1.82) is 0 Å². The number of carbonyl (C=O) groups excluding carboxylic acids is 1. The summed E-state index contributed by atoms with van der Waals surface area (Å²) in [6, 6.07) is 5.35. The van der Waals surface area contributed by atoms with E-state index in [2.05, 4.69) is 5.32 Å². The van der Waals surface area contributed by atoms with Crippen LogP contribution in [0.4, 0.5) is 5.69 Å². The van der Waals surface area contributed by atoms with Gasteiger partial charge in [0.15, 0.2) is 0 Å². The summed E-state index contributed by atoms with van der Waals surface area (Å²) in [5.41, 5.74) is 0.764. The van der Waals surface area contributed by atoms with Crippen molar-refractivity contribution in [2.75, 3.05) is 32.7 Å². The number of anilines is 1. The summed E-state index contributed by atoms with van der Waals surface area (Å²) in [7, 11) is 5.00. The van der Waals surface area contributed by atoms with Crippen LogP contribution >= 0.6 is 0 Å². The predicted molar refractivity (Wildman–Crippen MR) is 69.4 cm³/mol. The second-order valence-corrected chi connectivity index (χ2v) is 4.16. The van der Waals surface area contributed by atoms with E-state index in [1.165, 1.54) is 0 Å². The number of hydrogen-bond donors (Lipinski definition) is 1. The first-order valence-electron chi connectivity index (χ1n) is 5.92. The molecule has 1 heterocycles. The van der Waals surface area contributed by atoms with Gasteiger partial charge in [-0.15, -0.1) is 0 Å². The van der Waals surface area contributed by atoms with Crippen LogP contribution in [0, 0.1) is 0 Å². The molecule has 1 aliphatic rings. The summed E-state index contributed by atoms with van der Waals surface area (Å²) < 4.78 is 10.5. The minimum absolute atomic E-state index is 0.0732. The molecule has 1 aliphatic heterocycles. The Kier molecular flexibility index (Phi) is 3.72. The minimum Gasteiger partial charge on any atom is -0.497 e. The standard InChI is InChI=1S/C13H18N2O3/c1-14-10-6-7-15(13(10)16)11-8-9(17-2)4-5-12(11)18-3/h4-5,8,10,14H,6-7H2,1-3H3. The Morgan fingerprint density at radius 3 is 2.67 bits per heavy atom. The maximum Gasteiger partial charge on any atom is 0.244 e. The average Bonchev–Trinajstić information content (AvgIpc) is 2.78. The molecule has 1 fully saturated rings. The summed E-state index contributed by atoms with van der Waals surface area (Å²) >= 11 is 0. The summed E-state index contributed by atoms with van der Waals surface area (Å²) in [5, 5.41) is 3.02. The normalized spacial score (nSPS) is 19.2.